The second kappa shape index (κ2) is 9.23. The smallest absolute Gasteiger partial charge is 0.240 e. The molecule has 9 heteroatoms. The van der Waals surface area contributed by atoms with Crippen LogP contribution in [-0.2, 0) is 9.59 Å². The molecule has 0 bridgehead atoms. The van der Waals surface area contributed by atoms with Crippen LogP contribution in [-0.4, -0.2) is 28.4 Å². The van der Waals surface area contributed by atoms with E-state index in [9.17, 15) is 9.59 Å². The van der Waals surface area contributed by atoms with Crippen LogP contribution in [0.3, 0.4) is 0 Å². The normalized spacial score (nSPS) is 17.9. The summed E-state index contributed by atoms with van der Waals surface area (Å²) in [6, 6.07) is 12.3. The van der Waals surface area contributed by atoms with Gasteiger partial charge >= 0.3 is 0 Å². The van der Waals surface area contributed by atoms with Crippen molar-refractivity contribution in [1.29, 1.82) is 0 Å². The summed E-state index contributed by atoms with van der Waals surface area (Å²) in [5.74, 6) is -0.549. The summed E-state index contributed by atoms with van der Waals surface area (Å²) in [6.07, 6.45) is 1.57. The number of carbonyl (C=O) groups is 2. The largest absolute Gasteiger partial charge is 0.326 e. The van der Waals surface area contributed by atoms with Crippen molar-refractivity contribution in [2.24, 2.45) is 10.2 Å². The Hall–Kier alpha value is -2.35. The maximum atomic E-state index is 12.3. The highest BCUT2D eigenvalue weighted by Crippen LogP contribution is 2.24. The van der Waals surface area contributed by atoms with Crippen molar-refractivity contribution in [1.82, 2.24) is 5.32 Å². The van der Waals surface area contributed by atoms with E-state index in [1.165, 1.54) is 11.8 Å². The van der Waals surface area contributed by atoms with Crippen molar-refractivity contribution in [3.05, 3.63) is 63.6 Å². The van der Waals surface area contributed by atoms with Crippen LogP contribution in [0, 0.1) is 6.92 Å². The number of halogens is 2. The molecule has 0 aromatic heterocycles. The molecule has 2 aromatic rings. The van der Waals surface area contributed by atoms with Gasteiger partial charge in [0.1, 0.15) is 5.25 Å². The van der Waals surface area contributed by atoms with E-state index in [0.29, 0.717) is 20.9 Å². The van der Waals surface area contributed by atoms with Crippen molar-refractivity contribution in [2.45, 2.75) is 18.6 Å². The molecule has 1 aliphatic rings. The number of hydrogen-bond donors (Lipinski definition) is 2. The van der Waals surface area contributed by atoms with Crippen LogP contribution < -0.4 is 10.6 Å². The van der Waals surface area contributed by atoms with Gasteiger partial charge in [0.2, 0.25) is 11.8 Å². The van der Waals surface area contributed by atoms with E-state index < -0.39 is 5.25 Å². The molecule has 0 radical (unpaired) electrons. The first kappa shape index (κ1) is 20.4. The fourth-order valence-electron chi connectivity index (χ4n) is 2.38. The number of benzene rings is 2. The number of amides is 2. The third-order valence-corrected chi connectivity index (χ3v) is 5.41. The summed E-state index contributed by atoms with van der Waals surface area (Å²) in [7, 11) is 0. The topological polar surface area (TPSA) is 82.9 Å². The molecule has 0 saturated carbocycles. The summed E-state index contributed by atoms with van der Waals surface area (Å²) in [6.45, 7) is 1.87. The quantitative estimate of drug-likeness (QED) is 0.544. The van der Waals surface area contributed by atoms with Crippen LogP contribution >= 0.6 is 35.0 Å². The summed E-state index contributed by atoms with van der Waals surface area (Å²) in [4.78, 5) is 24.4. The Morgan fingerprint density at radius 2 is 1.93 bits per heavy atom. The molecule has 2 aromatic carbocycles. The average Bonchev–Trinajstić information content (AvgIpc) is 2.99. The molecule has 1 aliphatic heterocycles. The minimum absolute atomic E-state index is 0.0162. The molecule has 28 heavy (non-hydrogen) atoms. The van der Waals surface area contributed by atoms with Crippen molar-refractivity contribution >= 4 is 63.8 Å². The molecule has 1 heterocycles. The van der Waals surface area contributed by atoms with Crippen LogP contribution in [0.1, 0.15) is 17.5 Å². The van der Waals surface area contributed by atoms with E-state index >= 15 is 0 Å². The van der Waals surface area contributed by atoms with Gasteiger partial charge in [-0.15, -0.1) is 5.10 Å². The van der Waals surface area contributed by atoms with Gasteiger partial charge in [0.05, 0.1) is 6.21 Å². The highest BCUT2D eigenvalue weighted by atomic mass is 35.5. The maximum absolute atomic E-state index is 12.3. The predicted molar refractivity (Wildman–Crippen MR) is 115 cm³/mol. The predicted octanol–water partition coefficient (Wildman–Crippen LogP) is 4.25. The lowest BCUT2D eigenvalue weighted by atomic mass is 10.2. The third-order valence-electron chi connectivity index (χ3n) is 3.85. The van der Waals surface area contributed by atoms with Crippen molar-refractivity contribution in [3.8, 4) is 0 Å². The van der Waals surface area contributed by atoms with E-state index in [-0.39, 0.29) is 18.2 Å². The van der Waals surface area contributed by atoms with Crippen LogP contribution in [0.25, 0.3) is 0 Å². The number of carbonyl (C=O) groups excluding carboxylic acids is 2. The van der Waals surface area contributed by atoms with Gasteiger partial charge in [-0.3, -0.25) is 9.59 Å². The van der Waals surface area contributed by atoms with E-state index in [0.717, 1.165) is 11.1 Å². The van der Waals surface area contributed by atoms with Gasteiger partial charge < -0.3 is 10.6 Å². The summed E-state index contributed by atoms with van der Waals surface area (Å²) < 4.78 is 0. The van der Waals surface area contributed by atoms with Crippen LogP contribution in [0.15, 0.2) is 52.7 Å². The van der Waals surface area contributed by atoms with Crippen LogP contribution in [0.2, 0.25) is 10.0 Å². The third kappa shape index (κ3) is 5.58. The Bertz CT molecular complexity index is 961. The highest BCUT2D eigenvalue weighted by Gasteiger charge is 2.32. The van der Waals surface area contributed by atoms with Gasteiger partial charge in [0.15, 0.2) is 5.17 Å². The zero-order valence-electron chi connectivity index (χ0n) is 14.8. The van der Waals surface area contributed by atoms with Crippen molar-refractivity contribution in [2.75, 3.05) is 5.32 Å². The Morgan fingerprint density at radius 1 is 1.21 bits per heavy atom. The molecule has 1 unspecified atom stereocenters. The van der Waals surface area contributed by atoms with E-state index in [1.807, 2.05) is 13.0 Å². The summed E-state index contributed by atoms with van der Waals surface area (Å²) in [5, 5.41) is 14.3. The molecule has 0 spiro atoms. The van der Waals surface area contributed by atoms with E-state index in [4.69, 9.17) is 23.2 Å². The lowest BCUT2D eigenvalue weighted by Gasteiger charge is -2.10. The minimum atomic E-state index is -0.566. The van der Waals surface area contributed by atoms with Crippen molar-refractivity contribution in [3.63, 3.8) is 0 Å². The lowest BCUT2D eigenvalue weighted by molar-refractivity contribution is -0.122. The summed E-state index contributed by atoms with van der Waals surface area (Å²) >= 11 is 13.0. The molecule has 3 rings (SSSR count). The molecular formula is C19H16Cl2N4O2S. The molecule has 1 atom stereocenters. The number of rotatable bonds is 5. The van der Waals surface area contributed by atoms with Crippen LogP contribution in [0.5, 0.6) is 0 Å². The maximum Gasteiger partial charge on any atom is 0.240 e. The minimum Gasteiger partial charge on any atom is -0.326 e. The molecule has 6 nitrogen and oxygen atoms in total. The van der Waals surface area contributed by atoms with Crippen LogP contribution in [0.4, 0.5) is 5.69 Å². The number of nitrogens with zero attached hydrogens (tertiary/aromatic N) is 2. The molecule has 1 fully saturated rings. The lowest BCUT2D eigenvalue weighted by Crippen LogP contribution is -2.28. The molecule has 1 saturated heterocycles. The van der Waals surface area contributed by atoms with Gasteiger partial charge in [-0.2, -0.15) is 5.10 Å². The summed E-state index contributed by atoms with van der Waals surface area (Å²) in [5.41, 5.74) is 2.35. The molecular weight excluding hydrogens is 419 g/mol. The second-order valence-corrected chi connectivity index (χ2v) is 8.07. The highest BCUT2D eigenvalue weighted by molar-refractivity contribution is 8.15. The van der Waals surface area contributed by atoms with Gasteiger partial charge in [-0.25, -0.2) is 0 Å². The Morgan fingerprint density at radius 3 is 2.68 bits per heavy atom. The van der Waals surface area contributed by atoms with Gasteiger partial charge in [0, 0.05) is 22.2 Å². The van der Waals surface area contributed by atoms with E-state index in [2.05, 4.69) is 20.8 Å². The number of thioether (sulfide) groups is 1. The first-order valence-electron chi connectivity index (χ1n) is 8.31. The number of hydrogen-bond acceptors (Lipinski definition) is 5. The zero-order valence-corrected chi connectivity index (χ0v) is 17.1. The number of aryl methyl sites for hydroxylation is 1. The first-order chi connectivity index (χ1) is 13.4. The Kier molecular flexibility index (Phi) is 6.72. The SMILES string of the molecule is Cc1ccc(Cl)cc1NC(=O)CC1S/C(=N/N=C/c2ccc(Cl)cc2)NC1=O. The number of anilines is 1. The fourth-order valence-corrected chi connectivity index (χ4v) is 3.60. The average molecular weight is 435 g/mol. The number of amidine groups is 1. The molecule has 144 valence electrons. The number of nitrogens with one attached hydrogen (secondary N) is 2. The Labute approximate surface area is 176 Å². The van der Waals surface area contributed by atoms with Gasteiger partial charge in [0.25, 0.3) is 0 Å². The van der Waals surface area contributed by atoms with Gasteiger partial charge in [-0.05, 0) is 42.3 Å². The fraction of sp³-hybridized carbons (Fsp3) is 0.158. The standard InChI is InChI=1S/C19H16Cl2N4O2S/c1-11-2-5-14(21)8-15(11)23-17(26)9-16-18(27)24-19(28-16)25-22-10-12-3-6-13(20)7-4-12/h2-8,10,16H,9H2,1H3,(H,23,26)(H,24,25,27)/b22-10+. The van der Waals surface area contributed by atoms with Gasteiger partial charge in [-0.1, -0.05) is 53.2 Å². The second-order valence-electron chi connectivity index (χ2n) is 6.01. The van der Waals surface area contributed by atoms with E-state index in [1.54, 1.807) is 42.6 Å². The Balaban J connectivity index is 1.57. The molecule has 2 N–H and O–H groups in total. The first-order valence-corrected chi connectivity index (χ1v) is 9.94. The monoisotopic (exact) mass is 434 g/mol. The molecule has 0 aliphatic carbocycles. The van der Waals surface area contributed by atoms with Crippen molar-refractivity contribution < 1.29 is 9.59 Å². The molecule has 2 amide bonds. The zero-order chi connectivity index (χ0) is 20.1.